The topological polar surface area (TPSA) is 23.8 Å². The molecule has 1 aliphatic carbocycles. The average Bonchev–Trinajstić information content (AvgIpc) is 2.84. The van der Waals surface area contributed by atoms with Gasteiger partial charge in [0.15, 0.2) is 5.82 Å². The van der Waals surface area contributed by atoms with Crippen LogP contribution in [0.15, 0.2) is 48.5 Å². The first-order valence-corrected chi connectivity index (χ1v) is 12.5. The summed E-state index contributed by atoms with van der Waals surface area (Å²) < 4.78 is 28.4. The lowest BCUT2D eigenvalue weighted by Gasteiger charge is -2.28. The number of nitriles is 1. The maximum absolute atomic E-state index is 14.4. The zero-order valence-electron chi connectivity index (χ0n) is 19.5. The third-order valence-corrected chi connectivity index (χ3v) is 7.45. The Labute approximate surface area is 196 Å². The molecular formula is C30H33F2N. The van der Waals surface area contributed by atoms with Crippen LogP contribution in [-0.2, 0) is 6.42 Å². The van der Waals surface area contributed by atoms with Gasteiger partial charge in [-0.1, -0.05) is 94.7 Å². The molecule has 4 rings (SSSR count). The molecule has 1 aliphatic rings. The quantitative estimate of drug-likeness (QED) is 0.317. The van der Waals surface area contributed by atoms with Crippen molar-refractivity contribution in [3.63, 3.8) is 0 Å². The van der Waals surface area contributed by atoms with Crippen molar-refractivity contribution < 1.29 is 8.78 Å². The smallest absolute Gasteiger partial charge is 0.151 e. The molecule has 0 aromatic heterocycles. The molecule has 172 valence electrons. The summed E-state index contributed by atoms with van der Waals surface area (Å²) in [5, 5.41) is 9.71. The second kappa shape index (κ2) is 10.9. The van der Waals surface area contributed by atoms with Gasteiger partial charge in [0.1, 0.15) is 17.4 Å². The molecule has 33 heavy (non-hydrogen) atoms. The van der Waals surface area contributed by atoms with Crippen molar-refractivity contribution in [3.05, 3.63) is 71.3 Å². The number of fused-ring (bicyclic) bond motifs is 1. The van der Waals surface area contributed by atoms with Crippen LogP contribution in [-0.4, -0.2) is 0 Å². The molecule has 1 fully saturated rings. The number of unbranched alkanes of at least 4 members (excludes halogenated alkanes) is 2. The van der Waals surface area contributed by atoms with E-state index in [9.17, 15) is 8.78 Å². The van der Waals surface area contributed by atoms with Gasteiger partial charge < -0.3 is 0 Å². The second-order valence-corrected chi connectivity index (χ2v) is 9.71. The Kier molecular flexibility index (Phi) is 7.76. The summed E-state index contributed by atoms with van der Waals surface area (Å²) in [5.74, 6) is 0.215. The molecule has 0 unspecified atom stereocenters. The number of hydrogen-bond acceptors (Lipinski definition) is 1. The summed E-state index contributed by atoms with van der Waals surface area (Å²) >= 11 is 0. The van der Waals surface area contributed by atoms with Crippen LogP contribution >= 0.6 is 0 Å². The molecule has 3 aromatic carbocycles. The molecule has 3 aromatic rings. The standard InChI is InChI=1S/C30H33F2N/c1-2-3-4-5-21-6-8-22(9-7-21)10-11-23-12-14-24(15-13-23)25-16-17-27-26(18-25)19-29(31)28(20-33)30(27)32/h12-19,21-22H,2-11H2,1H3. The zero-order chi connectivity index (χ0) is 23.2. The fourth-order valence-corrected chi connectivity index (χ4v) is 5.34. The minimum absolute atomic E-state index is 0.272. The molecule has 0 heterocycles. The number of halogens is 2. The third kappa shape index (κ3) is 5.61. The molecule has 1 saturated carbocycles. The molecule has 0 N–H and O–H groups in total. The van der Waals surface area contributed by atoms with E-state index in [4.69, 9.17) is 5.26 Å². The van der Waals surface area contributed by atoms with Crippen molar-refractivity contribution in [1.82, 2.24) is 0 Å². The van der Waals surface area contributed by atoms with Gasteiger partial charge in [0.25, 0.3) is 0 Å². The Bertz CT molecular complexity index is 1120. The van der Waals surface area contributed by atoms with Crippen molar-refractivity contribution in [2.75, 3.05) is 0 Å². The van der Waals surface area contributed by atoms with E-state index >= 15 is 0 Å². The highest BCUT2D eigenvalue weighted by Gasteiger charge is 2.20. The molecule has 1 nitrogen and oxygen atoms in total. The van der Waals surface area contributed by atoms with Crippen molar-refractivity contribution in [3.8, 4) is 17.2 Å². The number of nitrogens with zero attached hydrogens (tertiary/aromatic N) is 1. The number of aryl methyl sites for hydroxylation is 1. The lowest BCUT2D eigenvalue weighted by atomic mass is 9.78. The molecule has 0 amide bonds. The minimum atomic E-state index is -0.815. The molecule has 0 spiro atoms. The Hall–Kier alpha value is -2.73. The van der Waals surface area contributed by atoms with E-state index < -0.39 is 17.2 Å². The van der Waals surface area contributed by atoms with E-state index in [1.54, 1.807) is 18.2 Å². The summed E-state index contributed by atoms with van der Waals surface area (Å²) in [5.41, 5.74) is 2.77. The normalized spacial score (nSPS) is 18.4. The SMILES string of the molecule is CCCCCC1CCC(CCc2ccc(-c3ccc4c(F)c(C#N)c(F)cc4c3)cc2)CC1. The van der Waals surface area contributed by atoms with E-state index in [0.717, 1.165) is 29.4 Å². The van der Waals surface area contributed by atoms with Crippen molar-refractivity contribution in [2.45, 2.75) is 71.1 Å². The monoisotopic (exact) mass is 445 g/mol. The summed E-state index contributed by atoms with van der Waals surface area (Å²) in [6.07, 6.45) is 13.5. The van der Waals surface area contributed by atoms with Crippen LogP contribution in [0.2, 0.25) is 0 Å². The maximum Gasteiger partial charge on any atom is 0.151 e. The molecule has 0 atom stereocenters. The van der Waals surface area contributed by atoms with Gasteiger partial charge in [0.2, 0.25) is 0 Å². The van der Waals surface area contributed by atoms with Crippen molar-refractivity contribution in [1.29, 1.82) is 5.26 Å². The summed E-state index contributed by atoms with van der Waals surface area (Å²) in [4.78, 5) is 0. The van der Waals surface area contributed by atoms with Crippen LogP contribution in [0.1, 0.15) is 75.8 Å². The van der Waals surface area contributed by atoms with Gasteiger partial charge in [-0.25, -0.2) is 8.78 Å². The van der Waals surface area contributed by atoms with Gasteiger partial charge in [-0.15, -0.1) is 0 Å². The molecule has 0 radical (unpaired) electrons. The largest absolute Gasteiger partial charge is 0.205 e. The van der Waals surface area contributed by atoms with E-state index in [0.29, 0.717) is 5.39 Å². The maximum atomic E-state index is 14.4. The highest BCUT2D eigenvalue weighted by Crippen LogP contribution is 2.34. The van der Waals surface area contributed by atoms with Crippen molar-refractivity contribution in [2.24, 2.45) is 11.8 Å². The second-order valence-electron chi connectivity index (χ2n) is 9.71. The average molecular weight is 446 g/mol. The highest BCUT2D eigenvalue weighted by atomic mass is 19.1. The lowest BCUT2D eigenvalue weighted by Crippen LogP contribution is -2.15. The van der Waals surface area contributed by atoms with Gasteiger partial charge in [-0.3, -0.25) is 0 Å². The summed E-state index contributed by atoms with van der Waals surface area (Å²) in [6, 6.07) is 16.6. The Morgan fingerprint density at radius 2 is 1.52 bits per heavy atom. The van der Waals surface area contributed by atoms with Crippen LogP contribution in [0.5, 0.6) is 0 Å². The van der Waals surface area contributed by atoms with Gasteiger partial charge >= 0.3 is 0 Å². The first-order chi connectivity index (χ1) is 16.1. The van der Waals surface area contributed by atoms with Crippen LogP contribution in [0.4, 0.5) is 8.78 Å². The lowest BCUT2D eigenvalue weighted by molar-refractivity contribution is 0.249. The van der Waals surface area contributed by atoms with E-state index in [1.807, 2.05) is 6.07 Å². The molecule has 0 saturated heterocycles. The third-order valence-electron chi connectivity index (χ3n) is 7.45. The van der Waals surface area contributed by atoms with Crippen molar-refractivity contribution >= 4 is 10.8 Å². The van der Waals surface area contributed by atoms with Gasteiger partial charge in [-0.2, -0.15) is 5.26 Å². The first kappa shape index (κ1) is 23.4. The van der Waals surface area contributed by atoms with E-state index in [1.165, 1.54) is 69.4 Å². The van der Waals surface area contributed by atoms with Gasteiger partial charge in [0, 0.05) is 5.39 Å². The molecule has 0 aliphatic heterocycles. The highest BCUT2D eigenvalue weighted by molar-refractivity contribution is 5.89. The van der Waals surface area contributed by atoms with E-state index in [2.05, 4.69) is 31.2 Å². The fraction of sp³-hybridized carbons (Fsp3) is 0.433. The minimum Gasteiger partial charge on any atom is -0.205 e. The molecule has 3 heteroatoms. The first-order valence-electron chi connectivity index (χ1n) is 12.5. The van der Waals surface area contributed by atoms with Crippen LogP contribution in [0, 0.1) is 34.8 Å². The summed E-state index contributed by atoms with van der Waals surface area (Å²) in [6.45, 7) is 2.28. The molecule has 0 bridgehead atoms. The van der Waals surface area contributed by atoms with Gasteiger partial charge in [0.05, 0.1) is 0 Å². The van der Waals surface area contributed by atoms with Crippen LogP contribution in [0.3, 0.4) is 0 Å². The van der Waals surface area contributed by atoms with Crippen LogP contribution < -0.4 is 0 Å². The van der Waals surface area contributed by atoms with Crippen LogP contribution in [0.25, 0.3) is 21.9 Å². The predicted molar refractivity (Wildman–Crippen MR) is 132 cm³/mol. The zero-order valence-corrected chi connectivity index (χ0v) is 19.5. The Balaban J connectivity index is 1.35. The summed E-state index contributed by atoms with van der Waals surface area (Å²) in [7, 11) is 0. The number of benzene rings is 3. The fourth-order valence-electron chi connectivity index (χ4n) is 5.34. The Morgan fingerprint density at radius 3 is 2.18 bits per heavy atom. The number of rotatable bonds is 8. The van der Waals surface area contributed by atoms with E-state index in [-0.39, 0.29) is 5.39 Å². The predicted octanol–water partition coefficient (Wildman–Crippen LogP) is 8.98. The molecular weight excluding hydrogens is 412 g/mol. The Morgan fingerprint density at radius 1 is 0.848 bits per heavy atom. The number of hydrogen-bond donors (Lipinski definition) is 0. The van der Waals surface area contributed by atoms with Gasteiger partial charge in [-0.05, 0) is 58.9 Å².